The van der Waals surface area contributed by atoms with E-state index in [2.05, 4.69) is 26.8 Å². The molecule has 0 aliphatic heterocycles. The van der Waals surface area contributed by atoms with Crippen LogP contribution < -0.4 is 32.5 Å². The highest BCUT2D eigenvalue weighted by molar-refractivity contribution is 5.96. The van der Waals surface area contributed by atoms with Crippen LogP contribution in [0.2, 0.25) is 0 Å². The zero-order chi connectivity index (χ0) is 38.5. The van der Waals surface area contributed by atoms with Gasteiger partial charge >= 0.3 is 24.3 Å². The summed E-state index contributed by atoms with van der Waals surface area (Å²) >= 11 is 0. The van der Waals surface area contributed by atoms with Crippen LogP contribution in [0, 0.1) is 5.92 Å². The van der Waals surface area contributed by atoms with Crippen LogP contribution in [0.25, 0.3) is 0 Å². The summed E-state index contributed by atoms with van der Waals surface area (Å²) < 4.78 is 42.3. The van der Waals surface area contributed by atoms with E-state index >= 15 is 0 Å². The van der Waals surface area contributed by atoms with Crippen molar-refractivity contribution in [3.63, 3.8) is 0 Å². The minimum atomic E-state index is -5.08. The highest BCUT2D eigenvalue weighted by Crippen LogP contribution is 2.15. The van der Waals surface area contributed by atoms with Crippen molar-refractivity contribution in [1.29, 1.82) is 0 Å². The lowest BCUT2D eigenvalue weighted by atomic mass is 10.0. The number of alkyl halides is 3. The molecular formula is C32H51F3N6O9. The first-order valence-corrected chi connectivity index (χ1v) is 16.1. The number of benzene rings is 1. The van der Waals surface area contributed by atoms with Gasteiger partial charge in [0.15, 0.2) is 0 Å². The number of halogens is 3. The van der Waals surface area contributed by atoms with Crippen molar-refractivity contribution >= 4 is 41.6 Å². The molecule has 0 heterocycles. The number of nitrogens with one attached hydrogen (secondary N) is 5. The van der Waals surface area contributed by atoms with Crippen LogP contribution in [0.1, 0.15) is 92.1 Å². The van der Waals surface area contributed by atoms with Gasteiger partial charge in [-0.2, -0.15) is 13.2 Å². The lowest BCUT2D eigenvalue weighted by Crippen LogP contribution is -2.52. The van der Waals surface area contributed by atoms with Crippen molar-refractivity contribution in [3.05, 3.63) is 29.8 Å². The van der Waals surface area contributed by atoms with Gasteiger partial charge in [-0.05, 0) is 76.6 Å². The number of hydrogen-bond donors (Lipinski definition) is 7. The van der Waals surface area contributed by atoms with Crippen LogP contribution >= 0.6 is 0 Å². The van der Waals surface area contributed by atoms with Crippen molar-refractivity contribution < 1.29 is 56.5 Å². The van der Waals surface area contributed by atoms with E-state index in [0.717, 1.165) is 12.8 Å². The predicted molar refractivity (Wildman–Crippen MR) is 177 cm³/mol. The number of carboxylic acids is 1. The average molecular weight is 721 g/mol. The Morgan fingerprint density at radius 1 is 0.860 bits per heavy atom. The van der Waals surface area contributed by atoms with Gasteiger partial charge in [0, 0.05) is 12.1 Å². The monoisotopic (exact) mass is 720 g/mol. The summed E-state index contributed by atoms with van der Waals surface area (Å²) in [5.41, 5.74) is 10.6. The van der Waals surface area contributed by atoms with E-state index in [0.29, 0.717) is 43.5 Å². The molecule has 15 nitrogen and oxygen atoms in total. The Bertz CT molecular complexity index is 1240. The van der Waals surface area contributed by atoms with Gasteiger partial charge in [-0.25, -0.2) is 14.4 Å². The number of carbonyl (C=O) groups is 6. The molecule has 0 aromatic heterocycles. The van der Waals surface area contributed by atoms with Gasteiger partial charge in [0.05, 0.1) is 0 Å². The Kier molecular flexibility index (Phi) is 20.8. The fourth-order valence-corrected chi connectivity index (χ4v) is 3.84. The van der Waals surface area contributed by atoms with E-state index in [1.165, 1.54) is 0 Å². The van der Waals surface area contributed by atoms with Gasteiger partial charge in [0.1, 0.15) is 24.3 Å². The molecule has 0 aliphatic rings. The first-order chi connectivity index (χ1) is 23.2. The van der Waals surface area contributed by atoms with E-state index < -0.39 is 47.9 Å². The molecule has 50 heavy (non-hydrogen) atoms. The number of ether oxygens (including phenoxy) is 2. The Morgan fingerprint density at radius 2 is 1.44 bits per heavy atom. The second-order valence-corrected chi connectivity index (χ2v) is 12.5. The fourth-order valence-electron chi connectivity index (χ4n) is 3.84. The molecule has 0 bridgehead atoms. The van der Waals surface area contributed by atoms with Crippen LogP contribution in [-0.4, -0.2) is 71.4 Å². The number of amides is 5. The molecule has 0 saturated carbocycles. The maximum absolute atomic E-state index is 12.9. The second-order valence-electron chi connectivity index (χ2n) is 12.5. The number of aliphatic carboxylic acids is 1. The highest BCUT2D eigenvalue weighted by atomic mass is 19.4. The van der Waals surface area contributed by atoms with Crippen molar-refractivity contribution in [2.24, 2.45) is 11.7 Å². The number of hydrogen-bond acceptors (Lipinski definition) is 9. The Morgan fingerprint density at radius 3 is 1.94 bits per heavy atom. The van der Waals surface area contributed by atoms with Crippen LogP contribution in [0.15, 0.2) is 24.3 Å². The summed E-state index contributed by atoms with van der Waals surface area (Å²) in [4.78, 5) is 70.8. The summed E-state index contributed by atoms with van der Waals surface area (Å²) in [7, 11) is 0. The Labute approximate surface area is 289 Å². The first-order valence-electron chi connectivity index (χ1n) is 16.1. The van der Waals surface area contributed by atoms with E-state index in [9.17, 15) is 37.1 Å². The molecular weight excluding hydrogens is 669 g/mol. The molecule has 2 atom stereocenters. The minimum absolute atomic E-state index is 0.0732. The number of rotatable bonds is 16. The summed E-state index contributed by atoms with van der Waals surface area (Å²) in [6, 6.07) is 4.99. The number of nitrogens with two attached hydrogens (primary N) is 1. The van der Waals surface area contributed by atoms with Gasteiger partial charge in [-0.1, -0.05) is 45.7 Å². The topological polar surface area (TPSA) is 227 Å². The summed E-state index contributed by atoms with van der Waals surface area (Å²) in [6.07, 6.45) is -2.57. The van der Waals surface area contributed by atoms with Crippen molar-refractivity contribution in [2.75, 3.05) is 11.9 Å². The standard InChI is InChI=1S/C30H50N6O7.C2HF3O2/c1-7-11-23(27(39)36-35-25(37)12-9-8-10-17-31)33-28(40)42-19-21-13-15-22(16-14-21)32-26(38)24(18-20(2)3)34-29(41)43-30(4,5)6;3-2(4,5)1(6)7/h13-16,20,23-24H,7-12,17-19,31H2,1-6H3,(H,32,38)(H,33,40)(H,34,41)(H,35,37)(H,36,39);(H,6,7)/t23-,24+;/m1./s1. The van der Waals surface area contributed by atoms with Crippen LogP contribution in [0.5, 0.6) is 0 Å². The Balaban J connectivity index is 0.00000308. The van der Waals surface area contributed by atoms with Gasteiger partial charge in [-0.3, -0.25) is 25.2 Å². The second kappa shape index (κ2) is 22.9. The molecule has 1 aromatic carbocycles. The zero-order valence-corrected chi connectivity index (χ0v) is 29.3. The van der Waals surface area contributed by atoms with Gasteiger partial charge in [0.25, 0.3) is 5.91 Å². The van der Waals surface area contributed by atoms with Gasteiger partial charge in [0.2, 0.25) is 11.8 Å². The number of hydrazine groups is 1. The SMILES string of the molecule is CCC[C@@H](NC(=O)OCc1ccc(NC(=O)[C@H](CC(C)C)NC(=O)OC(C)(C)C)cc1)C(=O)NNC(=O)CCCCCN.O=C(O)C(F)(F)F. The van der Waals surface area contributed by atoms with E-state index in [1.54, 1.807) is 45.0 Å². The van der Waals surface area contributed by atoms with Crippen molar-refractivity contribution in [2.45, 2.75) is 117 Å². The molecule has 0 spiro atoms. The number of unbranched alkanes of at least 4 members (excludes halogenated alkanes) is 2. The number of carboxylic acid groups (broad SMARTS) is 1. The highest BCUT2D eigenvalue weighted by Gasteiger charge is 2.38. The lowest BCUT2D eigenvalue weighted by molar-refractivity contribution is -0.192. The number of anilines is 1. The van der Waals surface area contributed by atoms with Gasteiger partial charge in [-0.15, -0.1) is 0 Å². The van der Waals surface area contributed by atoms with Crippen molar-refractivity contribution in [1.82, 2.24) is 21.5 Å². The van der Waals surface area contributed by atoms with E-state index in [4.69, 9.17) is 25.1 Å². The van der Waals surface area contributed by atoms with Crippen LogP contribution in [0.4, 0.5) is 28.4 Å². The molecule has 5 amide bonds. The first kappa shape index (κ1) is 45.4. The maximum atomic E-state index is 12.9. The molecule has 18 heteroatoms. The van der Waals surface area contributed by atoms with Crippen LogP contribution in [0.3, 0.4) is 0 Å². The zero-order valence-electron chi connectivity index (χ0n) is 29.3. The van der Waals surface area contributed by atoms with E-state index in [-0.39, 0.29) is 30.8 Å². The quantitative estimate of drug-likeness (QED) is 0.0948. The molecule has 284 valence electrons. The fraction of sp³-hybridized carbons (Fsp3) is 0.625. The third kappa shape index (κ3) is 22.1. The minimum Gasteiger partial charge on any atom is -0.475 e. The molecule has 0 radical (unpaired) electrons. The molecule has 0 saturated heterocycles. The average Bonchev–Trinajstić information content (AvgIpc) is 2.99. The van der Waals surface area contributed by atoms with Crippen LogP contribution in [-0.2, 0) is 35.3 Å². The Hall–Kier alpha value is -4.61. The molecule has 8 N–H and O–H groups in total. The summed E-state index contributed by atoms with van der Waals surface area (Å²) in [5, 5.41) is 15.1. The van der Waals surface area contributed by atoms with Gasteiger partial charge < -0.3 is 36.3 Å². The molecule has 0 aliphatic carbocycles. The lowest BCUT2D eigenvalue weighted by Gasteiger charge is -2.24. The number of alkyl carbamates (subject to hydrolysis) is 2. The summed E-state index contributed by atoms with van der Waals surface area (Å²) in [5.74, 6) is -3.86. The smallest absolute Gasteiger partial charge is 0.475 e. The number of carbonyl (C=O) groups excluding carboxylic acids is 5. The third-order valence-corrected chi connectivity index (χ3v) is 6.17. The normalized spacial score (nSPS) is 12.3. The summed E-state index contributed by atoms with van der Waals surface area (Å²) in [6.45, 7) is 11.5. The predicted octanol–water partition coefficient (Wildman–Crippen LogP) is 4.26. The largest absolute Gasteiger partial charge is 0.490 e. The maximum Gasteiger partial charge on any atom is 0.490 e. The van der Waals surface area contributed by atoms with Crippen molar-refractivity contribution in [3.8, 4) is 0 Å². The molecule has 1 aromatic rings. The van der Waals surface area contributed by atoms with E-state index in [1.807, 2.05) is 20.8 Å². The molecule has 0 fully saturated rings. The molecule has 1 rings (SSSR count). The third-order valence-electron chi connectivity index (χ3n) is 6.17. The molecule has 0 unspecified atom stereocenters.